The highest BCUT2D eigenvalue weighted by molar-refractivity contribution is 6.03. The van der Waals surface area contributed by atoms with Crippen LogP contribution in [0, 0.1) is 18.7 Å². The molecule has 1 amide bonds. The van der Waals surface area contributed by atoms with E-state index >= 15 is 4.39 Å². The first-order valence-corrected chi connectivity index (χ1v) is 14.4. The third kappa shape index (κ3) is 5.58. The fraction of sp³-hybridized carbons (Fsp3) is 0.531. The number of amides is 1. The van der Waals surface area contributed by atoms with E-state index in [1.54, 1.807) is 11.0 Å². The maximum Gasteiger partial charge on any atom is 0.410 e. The van der Waals surface area contributed by atoms with Gasteiger partial charge in [-0.25, -0.2) is 14.0 Å². The number of halogens is 1. The number of carbonyl (C=O) groups excluding carboxylic acids is 2. The third-order valence-electron chi connectivity index (χ3n) is 7.89. The summed E-state index contributed by atoms with van der Waals surface area (Å²) in [6.45, 7) is 11.2. The van der Waals surface area contributed by atoms with Crippen LogP contribution >= 0.6 is 0 Å². The molecule has 1 unspecified atom stereocenters. The minimum atomic E-state index is -0.603. The highest BCUT2D eigenvalue weighted by Crippen LogP contribution is 2.43. The lowest BCUT2D eigenvalue weighted by molar-refractivity contribution is 0.0194. The molecular formula is C32H40FN3O4. The Hall–Kier alpha value is -3.42. The van der Waals surface area contributed by atoms with Gasteiger partial charge in [-0.3, -0.25) is 4.98 Å². The Labute approximate surface area is 235 Å². The molecule has 3 aromatic rings. The Morgan fingerprint density at radius 1 is 1.12 bits per heavy atom. The van der Waals surface area contributed by atoms with E-state index < -0.39 is 11.6 Å². The summed E-state index contributed by atoms with van der Waals surface area (Å²) in [6.07, 6.45) is 4.08. The quantitative estimate of drug-likeness (QED) is 0.309. The zero-order valence-corrected chi connectivity index (χ0v) is 24.5. The minimum absolute atomic E-state index is 0.191. The molecule has 0 spiro atoms. The molecule has 40 heavy (non-hydrogen) atoms. The van der Waals surface area contributed by atoms with E-state index in [0.717, 1.165) is 53.7 Å². The topological polar surface area (TPSA) is 73.7 Å². The van der Waals surface area contributed by atoms with E-state index in [1.165, 1.54) is 7.11 Å². The van der Waals surface area contributed by atoms with E-state index in [-0.39, 0.29) is 17.8 Å². The molecule has 3 heterocycles. The highest BCUT2D eigenvalue weighted by atomic mass is 19.1. The van der Waals surface area contributed by atoms with Gasteiger partial charge in [0, 0.05) is 53.5 Å². The van der Waals surface area contributed by atoms with Crippen LogP contribution < -0.4 is 0 Å². The molecule has 214 valence electrons. The monoisotopic (exact) mass is 549 g/mol. The number of nitrogens with zero attached hydrogens (tertiary/aromatic N) is 3. The van der Waals surface area contributed by atoms with E-state index in [4.69, 9.17) is 14.5 Å². The number of piperidine rings is 1. The van der Waals surface area contributed by atoms with Crippen LogP contribution in [0.3, 0.4) is 0 Å². The normalized spacial score (nSPS) is 17.8. The Bertz CT molecular complexity index is 1450. The van der Waals surface area contributed by atoms with Crippen molar-refractivity contribution in [3.8, 4) is 11.1 Å². The number of hydrogen-bond donors (Lipinski definition) is 0. The summed E-state index contributed by atoms with van der Waals surface area (Å²) < 4.78 is 29.6. The van der Waals surface area contributed by atoms with Gasteiger partial charge in [0.15, 0.2) is 5.82 Å². The van der Waals surface area contributed by atoms with Gasteiger partial charge in [0.05, 0.1) is 23.9 Å². The second-order valence-corrected chi connectivity index (χ2v) is 12.2. The zero-order valence-electron chi connectivity index (χ0n) is 24.5. The summed E-state index contributed by atoms with van der Waals surface area (Å²) in [5.74, 6) is -0.541. The molecule has 5 rings (SSSR count). The number of aryl methyl sites for hydroxylation is 2. The van der Waals surface area contributed by atoms with Crippen molar-refractivity contribution in [1.29, 1.82) is 0 Å². The highest BCUT2D eigenvalue weighted by Gasteiger charge is 2.35. The molecule has 1 aromatic carbocycles. The summed E-state index contributed by atoms with van der Waals surface area (Å²) in [5.41, 5.74) is 4.58. The summed E-state index contributed by atoms with van der Waals surface area (Å²) in [4.78, 5) is 32.2. The van der Waals surface area contributed by atoms with Gasteiger partial charge in [-0.05, 0) is 83.9 Å². The van der Waals surface area contributed by atoms with Crippen LogP contribution in [0.4, 0.5) is 9.18 Å². The second kappa shape index (κ2) is 10.9. The van der Waals surface area contributed by atoms with Crippen molar-refractivity contribution in [1.82, 2.24) is 14.5 Å². The van der Waals surface area contributed by atoms with Crippen LogP contribution in [0.2, 0.25) is 0 Å². The van der Waals surface area contributed by atoms with Crippen LogP contribution in [0.1, 0.15) is 86.7 Å². The molecule has 1 saturated carbocycles. The van der Waals surface area contributed by atoms with E-state index in [0.29, 0.717) is 48.6 Å². The molecule has 7 nitrogen and oxygen atoms in total. The van der Waals surface area contributed by atoms with Crippen LogP contribution in [-0.4, -0.2) is 52.3 Å². The van der Waals surface area contributed by atoms with E-state index in [9.17, 15) is 9.59 Å². The van der Waals surface area contributed by atoms with Gasteiger partial charge >= 0.3 is 12.1 Å². The largest absolute Gasteiger partial charge is 0.465 e. The fourth-order valence-corrected chi connectivity index (χ4v) is 5.88. The van der Waals surface area contributed by atoms with Gasteiger partial charge in [-0.2, -0.15) is 0 Å². The van der Waals surface area contributed by atoms with Crippen LogP contribution in [0.15, 0.2) is 24.3 Å². The van der Waals surface area contributed by atoms with Crippen molar-refractivity contribution < 1.29 is 23.5 Å². The van der Waals surface area contributed by atoms with Crippen molar-refractivity contribution in [3.05, 3.63) is 52.7 Å². The standard InChI is InChI=1S/C32H40FN3O4/c1-7-26-23(13-10-19(2)34-26)24-15-22(30(37)39-6)16-25-27(33)28(36(29(24)25)17-20-11-12-20)21-9-8-14-35(18-21)31(38)40-32(3,4)5/h10,13,15-16,20-21H,7-9,11-12,14,17-18H2,1-6H3. The maximum atomic E-state index is 16.7. The Morgan fingerprint density at radius 2 is 1.88 bits per heavy atom. The first-order chi connectivity index (χ1) is 19.0. The lowest BCUT2D eigenvalue weighted by Crippen LogP contribution is -2.42. The summed E-state index contributed by atoms with van der Waals surface area (Å²) >= 11 is 0. The van der Waals surface area contributed by atoms with Crippen molar-refractivity contribution in [2.24, 2.45) is 5.92 Å². The van der Waals surface area contributed by atoms with Crippen LogP contribution in [-0.2, 0) is 22.4 Å². The summed E-state index contributed by atoms with van der Waals surface area (Å²) in [7, 11) is 1.34. The van der Waals surface area contributed by atoms with Crippen LogP contribution in [0.25, 0.3) is 22.0 Å². The molecule has 0 N–H and O–H groups in total. The lowest BCUT2D eigenvalue weighted by atomic mass is 9.94. The number of ether oxygens (including phenoxy) is 2. The molecule has 1 aliphatic heterocycles. The number of rotatable bonds is 6. The first kappa shape index (κ1) is 28.1. The Kier molecular flexibility index (Phi) is 7.64. The predicted molar refractivity (Wildman–Crippen MR) is 153 cm³/mol. The molecule has 1 saturated heterocycles. The lowest BCUT2D eigenvalue weighted by Gasteiger charge is -2.34. The number of aromatic nitrogens is 2. The van der Waals surface area contributed by atoms with Crippen molar-refractivity contribution in [2.75, 3.05) is 20.2 Å². The number of hydrogen-bond acceptors (Lipinski definition) is 5. The van der Waals surface area contributed by atoms with Gasteiger partial charge < -0.3 is 18.9 Å². The number of fused-ring (bicyclic) bond motifs is 1. The number of esters is 1. The second-order valence-electron chi connectivity index (χ2n) is 12.2. The molecule has 1 aliphatic carbocycles. The molecule has 2 aromatic heterocycles. The van der Waals surface area contributed by atoms with Gasteiger partial charge in [0.1, 0.15) is 5.60 Å². The van der Waals surface area contributed by atoms with Gasteiger partial charge in [0.2, 0.25) is 0 Å². The Balaban J connectivity index is 1.71. The molecule has 0 bridgehead atoms. The van der Waals surface area contributed by atoms with Crippen molar-refractivity contribution in [3.63, 3.8) is 0 Å². The number of pyridine rings is 1. The fourth-order valence-electron chi connectivity index (χ4n) is 5.88. The molecular weight excluding hydrogens is 509 g/mol. The molecule has 8 heteroatoms. The molecule has 0 radical (unpaired) electrons. The van der Waals surface area contributed by atoms with Gasteiger partial charge in [0.25, 0.3) is 0 Å². The SMILES string of the molecule is CCc1nc(C)ccc1-c1cc(C(=O)OC)cc2c(F)c(C3CCCN(C(=O)OC(C)(C)C)C3)n(CC3CC3)c12. The average molecular weight is 550 g/mol. The van der Waals surface area contributed by atoms with E-state index in [1.807, 2.05) is 45.9 Å². The van der Waals surface area contributed by atoms with Gasteiger partial charge in [-0.1, -0.05) is 13.0 Å². The van der Waals surface area contributed by atoms with Crippen molar-refractivity contribution in [2.45, 2.75) is 84.8 Å². The first-order valence-electron chi connectivity index (χ1n) is 14.4. The smallest absolute Gasteiger partial charge is 0.410 e. The molecule has 2 aliphatic rings. The molecule has 1 atom stereocenters. The maximum absolute atomic E-state index is 16.7. The zero-order chi connectivity index (χ0) is 28.8. The number of benzene rings is 1. The summed E-state index contributed by atoms with van der Waals surface area (Å²) in [5, 5.41) is 0.408. The summed E-state index contributed by atoms with van der Waals surface area (Å²) in [6, 6.07) is 7.42. The van der Waals surface area contributed by atoms with Crippen LogP contribution in [0.5, 0.6) is 0 Å². The predicted octanol–water partition coefficient (Wildman–Crippen LogP) is 7.02. The number of carbonyl (C=O) groups is 2. The van der Waals surface area contributed by atoms with Crippen molar-refractivity contribution >= 4 is 23.0 Å². The molecule has 2 fully saturated rings. The third-order valence-corrected chi connectivity index (χ3v) is 7.89. The number of methoxy groups -OCH3 is 1. The van der Waals surface area contributed by atoms with E-state index in [2.05, 4.69) is 11.5 Å². The minimum Gasteiger partial charge on any atom is -0.465 e. The number of likely N-dealkylation sites (tertiary alicyclic amines) is 1. The Morgan fingerprint density at radius 3 is 2.52 bits per heavy atom. The van der Waals surface area contributed by atoms with Gasteiger partial charge in [-0.15, -0.1) is 0 Å². The average Bonchev–Trinajstić information content (AvgIpc) is 3.70.